The zero-order valence-electron chi connectivity index (χ0n) is 33.4. The van der Waals surface area contributed by atoms with Crippen molar-refractivity contribution >= 4 is 76.4 Å². The first-order valence-electron chi connectivity index (χ1n) is 20.8. The van der Waals surface area contributed by atoms with Crippen molar-refractivity contribution in [1.82, 2.24) is 0 Å². The molecule has 11 aromatic rings. The molecule has 0 saturated heterocycles. The Balaban J connectivity index is 1.23. The molecule has 3 heteroatoms. The first kappa shape index (κ1) is 36.4. The normalized spacial score (nSPS) is 11.3. The molecular weight excluding hydrogens is 757 g/mol. The van der Waals surface area contributed by atoms with Gasteiger partial charge in [0.2, 0.25) is 0 Å². The fourth-order valence-corrected chi connectivity index (χ4v) is 10.1. The first-order valence-corrected chi connectivity index (χ1v) is 21.6. The van der Waals surface area contributed by atoms with Crippen LogP contribution in [0.4, 0.5) is 34.1 Å². The van der Waals surface area contributed by atoms with Gasteiger partial charge >= 0.3 is 0 Å². The van der Waals surface area contributed by atoms with Gasteiger partial charge in [-0.25, -0.2) is 0 Å². The van der Waals surface area contributed by atoms with Crippen LogP contribution in [-0.2, 0) is 0 Å². The second-order valence-corrected chi connectivity index (χ2v) is 16.3. The quantitative estimate of drug-likeness (QED) is 0.144. The average Bonchev–Trinajstić information content (AvgIpc) is 3.73. The molecule has 0 spiro atoms. The van der Waals surface area contributed by atoms with Crippen molar-refractivity contribution in [3.8, 4) is 33.4 Å². The Bertz CT molecular complexity index is 3160. The summed E-state index contributed by atoms with van der Waals surface area (Å²) in [6.45, 7) is 0. The van der Waals surface area contributed by atoms with E-state index in [9.17, 15) is 0 Å². The lowest BCUT2D eigenvalue weighted by molar-refractivity contribution is 1.25. The summed E-state index contributed by atoms with van der Waals surface area (Å²) in [5.74, 6) is 0. The minimum atomic E-state index is 1.06. The highest BCUT2D eigenvalue weighted by atomic mass is 32.1. The van der Waals surface area contributed by atoms with Crippen LogP contribution in [0.3, 0.4) is 0 Å². The van der Waals surface area contributed by atoms with E-state index in [0.29, 0.717) is 0 Å². The minimum absolute atomic E-state index is 1.06. The molecule has 0 aliphatic rings. The van der Waals surface area contributed by atoms with Gasteiger partial charge in [-0.1, -0.05) is 182 Å². The molecule has 0 unspecified atom stereocenters. The van der Waals surface area contributed by atoms with E-state index in [1.807, 2.05) is 11.3 Å². The molecule has 0 aliphatic carbocycles. The lowest BCUT2D eigenvalue weighted by Gasteiger charge is -2.32. The summed E-state index contributed by atoms with van der Waals surface area (Å²) in [6, 6.07) is 87.9. The summed E-state index contributed by atoms with van der Waals surface area (Å²) in [5.41, 5.74) is 13.5. The summed E-state index contributed by atoms with van der Waals surface area (Å²) in [5, 5.41) is 5.12. The molecule has 0 N–H and O–H groups in total. The summed E-state index contributed by atoms with van der Waals surface area (Å²) in [6.07, 6.45) is 0. The van der Waals surface area contributed by atoms with E-state index in [0.717, 1.165) is 50.8 Å². The van der Waals surface area contributed by atoms with E-state index in [4.69, 9.17) is 0 Å². The van der Waals surface area contributed by atoms with Gasteiger partial charge in [0.05, 0.1) is 11.4 Å². The maximum atomic E-state index is 2.43. The first-order chi connectivity index (χ1) is 30.3. The lowest BCUT2D eigenvalue weighted by atomic mass is 9.95. The summed E-state index contributed by atoms with van der Waals surface area (Å²) in [7, 11) is 0. The molecule has 0 atom stereocenters. The zero-order valence-corrected chi connectivity index (χ0v) is 34.2. The number of hydrogen-bond donors (Lipinski definition) is 0. The maximum absolute atomic E-state index is 2.43. The van der Waals surface area contributed by atoms with Crippen LogP contribution in [0.2, 0.25) is 0 Å². The number of rotatable bonds is 9. The van der Waals surface area contributed by atoms with Crippen LogP contribution < -0.4 is 9.80 Å². The monoisotopic (exact) mass is 796 g/mol. The topological polar surface area (TPSA) is 6.48 Å². The molecule has 0 fully saturated rings. The number of nitrogens with zero attached hydrogens (tertiary/aromatic N) is 2. The van der Waals surface area contributed by atoms with E-state index in [-0.39, 0.29) is 0 Å². The predicted octanol–water partition coefficient (Wildman–Crippen LogP) is 17.1. The number of anilines is 6. The lowest BCUT2D eigenvalue weighted by Crippen LogP contribution is -2.14. The van der Waals surface area contributed by atoms with Gasteiger partial charge in [-0.2, -0.15) is 0 Å². The van der Waals surface area contributed by atoms with Crippen LogP contribution in [0, 0.1) is 0 Å². The SMILES string of the molecule is c1ccc(-c2ccccc2N(c2ccccc2)c2cc(-c3cccc4sc5c6ccccc6ccc5c34)cc(N(c3ccccc3)c3ccccc3-c3ccccc3)c2)cc1. The van der Waals surface area contributed by atoms with E-state index >= 15 is 0 Å². The summed E-state index contributed by atoms with van der Waals surface area (Å²) in [4.78, 5) is 4.86. The van der Waals surface area contributed by atoms with E-state index < -0.39 is 0 Å². The van der Waals surface area contributed by atoms with Gasteiger partial charge in [-0.3, -0.25) is 0 Å². The van der Waals surface area contributed by atoms with Gasteiger partial charge in [0, 0.05) is 54.0 Å². The molecule has 11 rings (SSSR count). The highest BCUT2D eigenvalue weighted by molar-refractivity contribution is 7.26. The van der Waals surface area contributed by atoms with Gasteiger partial charge in [0.15, 0.2) is 0 Å². The molecule has 61 heavy (non-hydrogen) atoms. The number of fused-ring (bicyclic) bond motifs is 5. The van der Waals surface area contributed by atoms with Crippen molar-refractivity contribution in [2.45, 2.75) is 0 Å². The molecule has 2 nitrogen and oxygen atoms in total. The minimum Gasteiger partial charge on any atom is -0.310 e. The Morgan fingerprint density at radius 1 is 0.295 bits per heavy atom. The molecule has 10 aromatic carbocycles. The fraction of sp³-hybridized carbons (Fsp3) is 0. The third-order valence-electron chi connectivity index (χ3n) is 11.6. The van der Waals surface area contributed by atoms with Crippen molar-refractivity contribution in [2.75, 3.05) is 9.80 Å². The Kier molecular flexibility index (Phi) is 9.42. The predicted molar refractivity (Wildman–Crippen MR) is 263 cm³/mol. The molecule has 0 amide bonds. The maximum Gasteiger partial charge on any atom is 0.0540 e. The third-order valence-corrected chi connectivity index (χ3v) is 12.8. The smallest absolute Gasteiger partial charge is 0.0540 e. The Labute approximate surface area is 360 Å². The van der Waals surface area contributed by atoms with Crippen molar-refractivity contribution in [3.05, 3.63) is 243 Å². The third kappa shape index (κ3) is 6.72. The second-order valence-electron chi connectivity index (χ2n) is 15.3. The van der Waals surface area contributed by atoms with Crippen molar-refractivity contribution in [2.24, 2.45) is 0 Å². The van der Waals surface area contributed by atoms with Gasteiger partial charge in [-0.05, 0) is 93.7 Å². The largest absolute Gasteiger partial charge is 0.310 e. The number of benzene rings is 10. The Morgan fingerprint density at radius 2 is 0.770 bits per heavy atom. The van der Waals surface area contributed by atoms with Crippen LogP contribution in [0.1, 0.15) is 0 Å². The van der Waals surface area contributed by atoms with Crippen LogP contribution >= 0.6 is 11.3 Å². The van der Waals surface area contributed by atoms with E-state index in [1.165, 1.54) is 47.6 Å². The molecule has 0 bridgehead atoms. The van der Waals surface area contributed by atoms with Crippen molar-refractivity contribution in [1.29, 1.82) is 0 Å². The Morgan fingerprint density at radius 3 is 1.34 bits per heavy atom. The van der Waals surface area contributed by atoms with Gasteiger partial charge in [0.25, 0.3) is 0 Å². The molecular formula is C58H40N2S. The molecule has 0 radical (unpaired) electrons. The highest BCUT2D eigenvalue weighted by Gasteiger charge is 2.24. The van der Waals surface area contributed by atoms with Crippen LogP contribution in [0.15, 0.2) is 243 Å². The molecule has 0 aliphatic heterocycles. The zero-order chi connectivity index (χ0) is 40.5. The number of hydrogen-bond acceptors (Lipinski definition) is 3. The number of thiophene rings is 1. The van der Waals surface area contributed by atoms with Crippen molar-refractivity contribution in [3.63, 3.8) is 0 Å². The van der Waals surface area contributed by atoms with E-state index in [2.05, 4.69) is 252 Å². The standard InChI is InChI=1S/C58H40N2S/c1-5-20-41(21-6-1)49-29-15-17-33-54(49)59(45-25-9-3-10-26-45)47-38-44(51-32-19-35-56-57(51)53-37-36-43-24-13-14-31-52(43)58(53)61-56)39-48(40-47)60(46-27-11-4-12-28-46)55-34-18-16-30-50(55)42-22-7-2-8-23-42/h1-40H. The summed E-state index contributed by atoms with van der Waals surface area (Å²) < 4.78 is 2.60. The molecule has 1 heterocycles. The van der Waals surface area contributed by atoms with Crippen LogP contribution in [-0.4, -0.2) is 0 Å². The summed E-state index contributed by atoms with van der Waals surface area (Å²) >= 11 is 1.89. The second kappa shape index (κ2) is 15.8. The molecule has 288 valence electrons. The van der Waals surface area contributed by atoms with Gasteiger partial charge in [0.1, 0.15) is 0 Å². The average molecular weight is 797 g/mol. The Hall–Kier alpha value is -7.72. The van der Waals surface area contributed by atoms with Crippen molar-refractivity contribution < 1.29 is 0 Å². The van der Waals surface area contributed by atoms with E-state index in [1.54, 1.807) is 0 Å². The fourth-order valence-electron chi connectivity index (χ4n) is 8.87. The van der Waals surface area contributed by atoms with Crippen LogP contribution in [0.5, 0.6) is 0 Å². The highest BCUT2D eigenvalue weighted by Crippen LogP contribution is 2.49. The van der Waals surface area contributed by atoms with Crippen LogP contribution in [0.25, 0.3) is 64.3 Å². The molecule has 0 saturated carbocycles. The number of para-hydroxylation sites is 4. The molecule has 1 aromatic heterocycles. The van der Waals surface area contributed by atoms with Gasteiger partial charge < -0.3 is 9.80 Å². The van der Waals surface area contributed by atoms with Gasteiger partial charge in [-0.15, -0.1) is 11.3 Å².